The van der Waals surface area contributed by atoms with Crippen LogP contribution in [0, 0.1) is 5.82 Å². The van der Waals surface area contributed by atoms with Crippen molar-refractivity contribution in [3.8, 4) is 0 Å². The summed E-state index contributed by atoms with van der Waals surface area (Å²) in [6.45, 7) is 1.12. The number of hydrogen-bond acceptors (Lipinski definition) is 1. The number of hydrogen-bond donors (Lipinski definition) is 1. The summed E-state index contributed by atoms with van der Waals surface area (Å²) in [7, 11) is 0. The van der Waals surface area contributed by atoms with Gasteiger partial charge in [-0.1, -0.05) is 34.1 Å². The molecule has 4 heteroatoms. The molecular weight excluding hydrogens is 319 g/mol. The van der Waals surface area contributed by atoms with Crippen LogP contribution in [0.2, 0.25) is 0 Å². The Bertz CT molecular complexity index is 744. The molecule has 0 aliphatic rings. The van der Waals surface area contributed by atoms with Crippen molar-refractivity contribution in [1.29, 1.82) is 0 Å². The number of para-hydroxylation sites is 1. The average Bonchev–Trinajstić information content (AvgIpc) is 2.76. The van der Waals surface area contributed by atoms with E-state index in [1.165, 1.54) is 6.07 Å². The van der Waals surface area contributed by atoms with Crippen molar-refractivity contribution in [2.24, 2.45) is 5.73 Å². The fourth-order valence-electron chi connectivity index (χ4n) is 2.52. The van der Waals surface area contributed by atoms with E-state index in [4.69, 9.17) is 5.73 Å². The molecule has 0 unspecified atom stereocenters. The number of rotatable bonds is 3. The number of aromatic nitrogens is 1. The van der Waals surface area contributed by atoms with E-state index in [2.05, 4.69) is 32.6 Å². The van der Waals surface area contributed by atoms with E-state index < -0.39 is 0 Å². The van der Waals surface area contributed by atoms with Crippen LogP contribution in [0.3, 0.4) is 0 Å². The lowest BCUT2D eigenvalue weighted by Gasteiger charge is -2.06. The Morgan fingerprint density at radius 1 is 1.15 bits per heavy atom. The van der Waals surface area contributed by atoms with Gasteiger partial charge in [-0.05, 0) is 35.4 Å². The lowest BCUT2D eigenvalue weighted by molar-refractivity contribution is 0.623. The van der Waals surface area contributed by atoms with Gasteiger partial charge in [0.1, 0.15) is 5.82 Å². The molecule has 1 heterocycles. The van der Waals surface area contributed by atoms with Gasteiger partial charge in [0.2, 0.25) is 0 Å². The molecule has 0 aliphatic carbocycles. The summed E-state index contributed by atoms with van der Waals surface area (Å²) in [5.74, 6) is -0.232. The second-order valence-electron chi connectivity index (χ2n) is 4.78. The van der Waals surface area contributed by atoms with E-state index in [1.54, 1.807) is 6.07 Å². The second kappa shape index (κ2) is 5.38. The summed E-state index contributed by atoms with van der Waals surface area (Å²) in [5.41, 5.74) is 8.93. The van der Waals surface area contributed by atoms with Crippen molar-refractivity contribution in [1.82, 2.24) is 4.57 Å². The fraction of sp³-hybridized carbons (Fsp3) is 0.125. The minimum atomic E-state index is -0.232. The summed E-state index contributed by atoms with van der Waals surface area (Å²) in [5, 5.41) is 1.16. The van der Waals surface area contributed by atoms with Crippen LogP contribution in [-0.2, 0) is 13.1 Å². The summed E-state index contributed by atoms with van der Waals surface area (Å²) >= 11 is 3.33. The number of nitrogens with zero attached hydrogens (tertiary/aromatic N) is 1. The third-order valence-corrected chi connectivity index (χ3v) is 3.82. The molecule has 2 nitrogen and oxygen atoms in total. The molecule has 0 amide bonds. The maximum absolute atomic E-state index is 13.5. The van der Waals surface area contributed by atoms with Crippen LogP contribution in [0.25, 0.3) is 10.9 Å². The van der Waals surface area contributed by atoms with Crippen molar-refractivity contribution in [2.75, 3.05) is 0 Å². The summed E-state index contributed by atoms with van der Waals surface area (Å²) in [6.07, 6.45) is 2.05. The van der Waals surface area contributed by atoms with Crippen molar-refractivity contribution in [3.63, 3.8) is 0 Å². The van der Waals surface area contributed by atoms with E-state index in [0.29, 0.717) is 13.1 Å². The summed E-state index contributed by atoms with van der Waals surface area (Å²) in [4.78, 5) is 0. The van der Waals surface area contributed by atoms with Crippen LogP contribution in [-0.4, -0.2) is 4.57 Å². The first-order valence-corrected chi connectivity index (χ1v) is 7.18. The van der Waals surface area contributed by atoms with E-state index in [1.807, 2.05) is 24.4 Å². The Kier molecular flexibility index (Phi) is 3.59. The predicted molar refractivity (Wildman–Crippen MR) is 83.0 cm³/mol. The molecule has 0 spiro atoms. The molecule has 2 aromatic carbocycles. The second-order valence-corrected chi connectivity index (χ2v) is 5.70. The lowest BCUT2D eigenvalue weighted by Crippen LogP contribution is -1.99. The standard InChI is InChI=1S/C16H14BrFN2/c17-13-5-11(6-14(18)7-13)9-20-10-12(8-19)15-3-1-2-4-16(15)20/h1-7,10H,8-9,19H2. The zero-order chi connectivity index (χ0) is 14.1. The van der Waals surface area contributed by atoms with Gasteiger partial charge in [-0.25, -0.2) is 4.39 Å². The van der Waals surface area contributed by atoms with E-state index in [-0.39, 0.29) is 5.82 Å². The summed E-state index contributed by atoms with van der Waals surface area (Å²) in [6, 6.07) is 13.1. The Labute approximate surface area is 125 Å². The van der Waals surface area contributed by atoms with Gasteiger partial charge in [-0.3, -0.25) is 0 Å². The molecule has 2 N–H and O–H groups in total. The molecule has 0 atom stereocenters. The minimum Gasteiger partial charge on any atom is -0.343 e. The fourth-order valence-corrected chi connectivity index (χ4v) is 3.03. The highest BCUT2D eigenvalue weighted by atomic mass is 79.9. The molecule has 0 fully saturated rings. The van der Waals surface area contributed by atoms with Gasteiger partial charge in [0.15, 0.2) is 0 Å². The molecule has 1 aromatic heterocycles. The van der Waals surface area contributed by atoms with Gasteiger partial charge in [0.05, 0.1) is 0 Å². The molecule has 0 saturated heterocycles. The van der Waals surface area contributed by atoms with Crippen molar-refractivity contribution in [3.05, 3.63) is 70.1 Å². The molecule has 0 radical (unpaired) electrons. The van der Waals surface area contributed by atoms with Crippen LogP contribution in [0.5, 0.6) is 0 Å². The molecule has 0 bridgehead atoms. The third-order valence-electron chi connectivity index (χ3n) is 3.37. The van der Waals surface area contributed by atoms with Gasteiger partial charge >= 0.3 is 0 Å². The molecule has 0 aliphatic heterocycles. The lowest BCUT2D eigenvalue weighted by atomic mass is 10.2. The largest absolute Gasteiger partial charge is 0.343 e. The van der Waals surface area contributed by atoms with Crippen molar-refractivity contribution >= 4 is 26.8 Å². The highest BCUT2D eigenvalue weighted by Gasteiger charge is 2.08. The van der Waals surface area contributed by atoms with Gasteiger partial charge in [-0.15, -0.1) is 0 Å². The van der Waals surface area contributed by atoms with E-state index in [0.717, 1.165) is 26.5 Å². The van der Waals surface area contributed by atoms with Crippen LogP contribution >= 0.6 is 15.9 Å². The van der Waals surface area contributed by atoms with Gasteiger partial charge in [0.25, 0.3) is 0 Å². The number of halogens is 2. The molecule has 20 heavy (non-hydrogen) atoms. The average molecular weight is 333 g/mol. The Balaban J connectivity index is 2.06. The Morgan fingerprint density at radius 2 is 1.95 bits per heavy atom. The van der Waals surface area contributed by atoms with Crippen LogP contribution in [0.4, 0.5) is 4.39 Å². The monoisotopic (exact) mass is 332 g/mol. The van der Waals surface area contributed by atoms with Gasteiger partial charge in [-0.2, -0.15) is 0 Å². The van der Waals surface area contributed by atoms with Gasteiger partial charge in [0, 0.05) is 34.7 Å². The van der Waals surface area contributed by atoms with Crippen LogP contribution < -0.4 is 5.73 Å². The Morgan fingerprint density at radius 3 is 2.70 bits per heavy atom. The van der Waals surface area contributed by atoms with Crippen molar-refractivity contribution < 1.29 is 4.39 Å². The van der Waals surface area contributed by atoms with Crippen LogP contribution in [0.15, 0.2) is 53.1 Å². The number of fused-ring (bicyclic) bond motifs is 1. The zero-order valence-electron chi connectivity index (χ0n) is 10.8. The van der Waals surface area contributed by atoms with Crippen molar-refractivity contribution in [2.45, 2.75) is 13.1 Å². The smallest absolute Gasteiger partial charge is 0.124 e. The molecule has 3 rings (SSSR count). The highest BCUT2D eigenvalue weighted by molar-refractivity contribution is 9.10. The highest BCUT2D eigenvalue weighted by Crippen LogP contribution is 2.23. The molecular formula is C16H14BrFN2. The SMILES string of the molecule is NCc1cn(Cc2cc(F)cc(Br)c2)c2ccccc12. The third kappa shape index (κ3) is 2.49. The Hall–Kier alpha value is -1.65. The normalized spacial score (nSPS) is 11.2. The zero-order valence-corrected chi connectivity index (χ0v) is 12.4. The predicted octanol–water partition coefficient (Wildman–Crippen LogP) is 4.05. The molecule has 102 valence electrons. The van der Waals surface area contributed by atoms with Crippen LogP contribution in [0.1, 0.15) is 11.1 Å². The first kappa shape index (κ1) is 13.3. The molecule has 3 aromatic rings. The maximum Gasteiger partial charge on any atom is 0.124 e. The number of benzene rings is 2. The summed E-state index contributed by atoms with van der Waals surface area (Å²) < 4.78 is 16.3. The topological polar surface area (TPSA) is 30.9 Å². The first-order valence-electron chi connectivity index (χ1n) is 6.39. The molecule has 0 saturated carbocycles. The maximum atomic E-state index is 13.5. The van der Waals surface area contributed by atoms with E-state index >= 15 is 0 Å². The van der Waals surface area contributed by atoms with E-state index in [9.17, 15) is 4.39 Å². The first-order chi connectivity index (χ1) is 9.67. The van der Waals surface area contributed by atoms with Gasteiger partial charge < -0.3 is 10.3 Å². The number of nitrogens with two attached hydrogens (primary N) is 1. The quantitative estimate of drug-likeness (QED) is 0.770. The minimum absolute atomic E-state index is 0.232.